The van der Waals surface area contributed by atoms with Crippen molar-refractivity contribution in [2.24, 2.45) is 0 Å². The van der Waals surface area contributed by atoms with Gasteiger partial charge in [0.25, 0.3) is 0 Å². The molecule has 2 aromatic rings. The molecule has 0 bridgehead atoms. The number of rotatable bonds is 3. The molecule has 0 spiro atoms. The first-order chi connectivity index (χ1) is 11.0. The highest BCUT2D eigenvalue weighted by Crippen LogP contribution is 2.45. The highest BCUT2D eigenvalue weighted by molar-refractivity contribution is 5.45. The number of aliphatic hydroxyl groups excluding tert-OH is 1. The van der Waals surface area contributed by atoms with Crippen molar-refractivity contribution in [1.29, 1.82) is 0 Å². The molecule has 1 nitrogen and oxygen atoms in total. The smallest absolute Gasteiger partial charge is 0.0682 e. The van der Waals surface area contributed by atoms with Crippen LogP contribution >= 0.6 is 0 Å². The number of aliphatic hydroxyl groups is 1. The van der Waals surface area contributed by atoms with Gasteiger partial charge in [-0.3, -0.25) is 0 Å². The lowest BCUT2D eigenvalue weighted by atomic mass is 9.64. The highest BCUT2D eigenvalue weighted by atomic mass is 16.3. The standard InChI is InChI=1S/C22H28O/c1-16-9-17(2)12-20(11-16)22(7-5-4-6-8-22)21-13-18(3)10-19(14-21)15-23/h9-14,23H,4-8,15H2,1-3H3. The Bertz CT molecular complexity index is 673. The lowest BCUT2D eigenvalue weighted by Gasteiger charge is -2.39. The van der Waals surface area contributed by atoms with Crippen LogP contribution in [0.4, 0.5) is 0 Å². The minimum Gasteiger partial charge on any atom is -0.392 e. The van der Waals surface area contributed by atoms with Gasteiger partial charge in [0.2, 0.25) is 0 Å². The second-order valence-electron chi connectivity index (χ2n) is 7.38. The molecule has 1 aliphatic rings. The van der Waals surface area contributed by atoms with Gasteiger partial charge in [0.1, 0.15) is 0 Å². The Morgan fingerprint density at radius 1 is 0.739 bits per heavy atom. The molecule has 0 radical (unpaired) electrons. The van der Waals surface area contributed by atoms with Gasteiger partial charge in [-0.1, -0.05) is 72.4 Å². The van der Waals surface area contributed by atoms with E-state index in [1.807, 2.05) is 0 Å². The Labute approximate surface area is 140 Å². The zero-order chi connectivity index (χ0) is 16.4. The Kier molecular flexibility index (Phi) is 4.59. The fourth-order valence-corrected chi connectivity index (χ4v) is 4.38. The van der Waals surface area contributed by atoms with E-state index in [4.69, 9.17) is 0 Å². The van der Waals surface area contributed by atoms with Gasteiger partial charge in [-0.05, 0) is 50.3 Å². The second-order valence-corrected chi connectivity index (χ2v) is 7.38. The molecule has 23 heavy (non-hydrogen) atoms. The third-order valence-electron chi connectivity index (χ3n) is 5.35. The third-order valence-corrected chi connectivity index (χ3v) is 5.35. The molecule has 1 heteroatoms. The molecule has 0 amide bonds. The first-order valence-corrected chi connectivity index (χ1v) is 8.84. The molecule has 3 rings (SSSR count). The van der Waals surface area contributed by atoms with E-state index in [1.165, 1.54) is 59.9 Å². The summed E-state index contributed by atoms with van der Waals surface area (Å²) in [4.78, 5) is 0. The summed E-state index contributed by atoms with van der Waals surface area (Å²) in [5.41, 5.74) is 7.95. The zero-order valence-electron chi connectivity index (χ0n) is 14.7. The van der Waals surface area contributed by atoms with Gasteiger partial charge in [0.15, 0.2) is 0 Å². The van der Waals surface area contributed by atoms with E-state index in [0.29, 0.717) is 0 Å². The van der Waals surface area contributed by atoms with E-state index < -0.39 is 0 Å². The quantitative estimate of drug-likeness (QED) is 0.810. The molecule has 0 aliphatic heterocycles. The van der Waals surface area contributed by atoms with Crippen LogP contribution in [0, 0.1) is 20.8 Å². The van der Waals surface area contributed by atoms with Crippen LogP contribution in [0.3, 0.4) is 0 Å². The second kappa shape index (κ2) is 6.49. The van der Waals surface area contributed by atoms with Crippen LogP contribution in [-0.4, -0.2) is 5.11 Å². The van der Waals surface area contributed by atoms with E-state index in [-0.39, 0.29) is 12.0 Å². The van der Waals surface area contributed by atoms with Crippen molar-refractivity contribution >= 4 is 0 Å². The van der Waals surface area contributed by atoms with Gasteiger partial charge < -0.3 is 5.11 Å². The Morgan fingerprint density at radius 3 is 1.83 bits per heavy atom. The molecule has 1 fully saturated rings. The molecule has 2 aromatic carbocycles. The highest BCUT2D eigenvalue weighted by Gasteiger charge is 2.36. The predicted molar refractivity (Wildman–Crippen MR) is 96.9 cm³/mol. The number of benzene rings is 2. The summed E-state index contributed by atoms with van der Waals surface area (Å²) in [6, 6.07) is 13.7. The maximum Gasteiger partial charge on any atom is 0.0682 e. The number of aryl methyl sites for hydroxylation is 3. The van der Waals surface area contributed by atoms with Crippen molar-refractivity contribution in [2.75, 3.05) is 0 Å². The summed E-state index contributed by atoms with van der Waals surface area (Å²) < 4.78 is 0. The van der Waals surface area contributed by atoms with Gasteiger partial charge in [-0.25, -0.2) is 0 Å². The SMILES string of the molecule is Cc1cc(C)cc(C2(c3cc(C)cc(CO)c3)CCCCC2)c1. The van der Waals surface area contributed by atoms with Crippen LogP contribution in [0.15, 0.2) is 36.4 Å². The first kappa shape index (κ1) is 16.3. The molecule has 0 atom stereocenters. The van der Waals surface area contributed by atoms with E-state index in [0.717, 1.165) is 5.56 Å². The summed E-state index contributed by atoms with van der Waals surface area (Å²) in [5, 5.41) is 9.63. The van der Waals surface area contributed by atoms with Crippen LogP contribution in [-0.2, 0) is 12.0 Å². The Morgan fingerprint density at radius 2 is 1.26 bits per heavy atom. The summed E-state index contributed by atoms with van der Waals surface area (Å²) in [6.45, 7) is 6.66. The maximum atomic E-state index is 9.63. The zero-order valence-corrected chi connectivity index (χ0v) is 14.7. The average Bonchev–Trinajstić information content (AvgIpc) is 2.54. The lowest BCUT2D eigenvalue weighted by molar-refractivity contribution is 0.281. The van der Waals surface area contributed by atoms with Gasteiger partial charge >= 0.3 is 0 Å². The molecule has 0 saturated heterocycles. The first-order valence-electron chi connectivity index (χ1n) is 8.84. The van der Waals surface area contributed by atoms with E-state index in [9.17, 15) is 5.11 Å². The fourth-order valence-electron chi connectivity index (χ4n) is 4.38. The van der Waals surface area contributed by atoms with Crippen molar-refractivity contribution in [1.82, 2.24) is 0 Å². The number of hydrogen-bond donors (Lipinski definition) is 1. The Hall–Kier alpha value is -1.60. The summed E-state index contributed by atoms with van der Waals surface area (Å²) >= 11 is 0. The van der Waals surface area contributed by atoms with Crippen LogP contribution in [0.1, 0.15) is 65.5 Å². The maximum absolute atomic E-state index is 9.63. The van der Waals surface area contributed by atoms with E-state index in [2.05, 4.69) is 57.2 Å². The summed E-state index contributed by atoms with van der Waals surface area (Å²) in [7, 11) is 0. The molecule has 0 unspecified atom stereocenters. The average molecular weight is 308 g/mol. The minimum absolute atomic E-state index is 0.116. The molecule has 1 aliphatic carbocycles. The lowest BCUT2D eigenvalue weighted by Crippen LogP contribution is -2.31. The molecule has 1 saturated carbocycles. The molecular formula is C22H28O. The van der Waals surface area contributed by atoms with Crippen molar-refractivity contribution < 1.29 is 5.11 Å². The van der Waals surface area contributed by atoms with Gasteiger partial charge in [-0.2, -0.15) is 0 Å². The minimum atomic E-state index is 0.116. The molecule has 0 aromatic heterocycles. The van der Waals surface area contributed by atoms with E-state index in [1.54, 1.807) is 0 Å². The molecule has 1 N–H and O–H groups in total. The number of hydrogen-bond acceptors (Lipinski definition) is 1. The molecule has 0 heterocycles. The normalized spacial score (nSPS) is 17.2. The fraction of sp³-hybridized carbons (Fsp3) is 0.455. The van der Waals surface area contributed by atoms with Crippen LogP contribution in [0.25, 0.3) is 0 Å². The topological polar surface area (TPSA) is 20.2 Å². The summed E-state index contributed by atoms with van der Waals surface area (Å²) in [6.07, 6.45) is 6.34. The third kappa shape index (κ3) is 3.21. The van der Waals surface area contributed by atoms with Crippen LogP contribution in [0.5, 0.6) is 0 Å². The van der Waals surface area contributed by atoms with Crippen LogP contribution < -0.4 is 0 Å². The molecule has 122 valence electrons. The van der Waals surface area contributed by atoms with E-state index >= 15 is 0 Å². The largest absolute Gasteiger partial charge is 0.392 e. The monoisotopic (exact) mass is 308 g/mol. The Balaban J connectivity index is 2.19. The van der Waals surface area contributed by atoms with Crippen molar-refractivity contribution in [3.63, 3.8) is 0 Å². The summed E-state index contributed by atoms with van der Waals surface area (Å²) in [5.74, 6) is 0. The van der Waals surface area contributed by atoms with Crippen molar-refractivity contribution in [3.8, 4) is 0 Å². The van der Waals surface area contributed by atoms with Crippen LogP contribution in [0.2, 0.25) is 0 Å². The van der Waals surface area contributed by atoms with Gasteiger partial charge in [-0.15, -0.1) is 0 Å². The van der Waals surface area contributed by atoms with Crippen molar-refractivity contribution in [2.45, 2.75) is 64.9 Å². The predicted octanol–water partition coefficient (Wildman–Crippen LogP) is 5.35. The van der Waals surface area contributed by atoms with Gasteiger partial charge in [0.05, 0.1) is 6.61 Å². The molecular weight excluding hydrogens is 280 g/mol. The van der Waals surface area contributed by atoms with Crippen molar-refractivity contribution in [3.05, 3.63) is 69.8 Å². The van der Waals surface area contributed by atoms with Gasteiger partial charge in [0, 0.05) is 5.41 Å².